The van der Waals surface area contributed by atoms with Gasteiger partial charge in [0.15, 0.2) is 0 Å². The molecule has 0 saturated carbocycles. The van der Waals surface area contributed by atoms with Crippen LogP contribution in [0.15, 0.2) is 24.8 Å². The third-order valence-electron chi connectivity index (χ3n) is 2.87. The first-order valence-corrected chi connectivity index (χ1v) is 6.36. The molecule has 0 bridgehead atoms. The van der Waals surface area contributed by atoms with Gasteiger partial charge in [-0.15, -0.1) is 0 Å². The van der Waals surface area contributed by atoms with E-state index in [-0.39, 0.29) is 0 Å². The van der Waals surface area contributed by atoms with E-state index in [0.29, 0.717) is 6.04 Å². The molecule has 0 aliphatic heterocycles. The number of imidazole rings is 1. The van der Waals surface area contributed by atoms with Crippen LogP contribution >= 0.6 is 0 Å². The fourth-order valence-corrected chi connectivity index (χ4v) is 1.86. The average Bonchev–Trinajstić information content (AvgIpc) is 2.92. The van der Waals surface area contributed by atoms with E-state index in [1.165, 1.54) is 5.56 Å². The minimum Gasteiger partial charge on any atom is -0.334 e. The fraction of sp³-hybridized carbons (Fsp3) is 0.538. The van der Waals surface area contributed by atoms with Gasteiger partial charge in [0.1, 0.15) is 5.82 Å². The number of aromatic nitrogens is 4. The van der Waals surface area contributed by atoms with Crippen molar-refractivity contribution in [2.75, 3.05) is 0 Å². The Hall–Kier alpha value is -1.62. The van der Waals surface area contributed by atoms with Gasteiger partial charge in [-0.1, -0.05) is 13.8 Å². The van der Waals surface area contributed by atoms with Gasteiger partial charge in [0.25, 0.3) is 0 Å². The van der Waals surface area contributed by atoms with Crippen molar-refractivity contribution in [2.45, 2.75) is 39.4 Å². The molecule has 0 amide bonds. The highest BCUT2D eigenvalue weighted by Crippen LogP contribution is 2.03. The molecule has 98 valence electrons. The van der Waals surface area contributed by atoms with Crippen molar-refractivity contribution in [3.63, 3.8) is 0 Å². The summed E-state index contributed by atoms with van der Waals surface area (Å²) in [5.41, 5.74) is 1.26. The van der Waals surface area contributed by atoms with Crippen LogP contribution in [-0.4, -0.2) is 25.4 Å². The monoisotopic (exact) mass is 247 g/mol. The predicted octanol–water partition coefficient (Wildman–Crippen LogP) is 1.36. The van der Waals surface area contributed by atoms with E-state index in [4.69, 9.17) is 0 Å². The molecular formula is C13H21N5. The molecular weight excluding hydrogens is 226 g/mol. The van der Waals surface area contributed by atoms with E-state index < -0.39 is 0 Å². The van der Waals surface area contributed by atoms with Gasteiger partial charge < -0.3 is 9.88 Å². The van der Waals surface area contributed by atoms with Crippen LogP contribution in [0.5, 0.6) is 0 Å². The highest BCUT2D eigenvalue weighted by molar-refractivity contribution is 5.04. The molecule has 0 aliphatic carbocycles. The summed E-state index contributed by atoms with van der Waals surface area (Å²) in [5.74, 6) is 1.09. The zero-order chi connectivity index (χ0) is 13.0. The summed E-state index contributed by atoms with van der Waals surface area (Å²) in [7, 11) is 1.94. The van der Waals surface area contributed by atoms with E-state index in [9.17, 15) is 0 Å². The van der Waals surface area contributed by atoms with Crippen LogP contribution < -0.4 is 5.32 Å². The summed E-state index contributed by atoms with van der Waals surface area (Å²) in [6, 6.07) is 0.480. The van der Waals surface area contributed by atoms with Gasteiger partial charge in [-0.3, -0.25) is 4.68 Å². The zero-order valence-corrected chi connectivity index (χ0v) is 11.3. The fourth-order valence-electron chi connectivity index (χ4n) is 1.86. The third kappa shape index (κ3) is 3.43. The second kappa shape index (κ2) is 5.82. The van der Waals surface area contributed by atoms with Gasteiger partial charge in [-0.25, -0.2) is 4.98 Å². The van der Waals surface area contributed by atoms with Crippen LogP contribution in [0.3, 0.4) is 0 Å². The molecule has 0 spiro atoms. The Morgan fingerprint density at radius 3 is 2.89 bits per heavy atom. The first-order chi connectivity index (χ1) is 8.65. The molecule has 5 nitrogen and oxygen atoms in total. The minimum absolute atomic E-state index is 0.480. The average molecular weight is 247 g/mol. The molecule has 2 aromatic rings. The highest BCUT2D eigenvalue weighted by Gasteiger charge is 2.04. The Bertz CT molecular complexity index is 483. The van der Waals surface area contributed by atoms with E-state index in [2.05, 4.69) is 40.0 Å². The van der Waals surface area contributed by atoms with Crippen LogP contribution in [-0.2, 0) is 26.6 Å². The Morgan fingerprint density at radius 1 is 1.39 bits per heavy atom. The zero-order valence-electron chi connectivity index (χ0n) is 11.3. The SMILES string of the molecule is CC(C)NCc1nccn1CCc1cnn(C)c1. The normalized spacial score (nSPS) is 11.3. The summed E-state index contributed by atoms with van der Waals surface area (Å²) < 4.78 is 4.03. The Balaban J connectivity index is 1.91. The summed E-state index contributed by atoms with van der Waals surface area (Å²) in [6.45, 7) is 6.05. The summed E-state index contributed by atoms with van der Waals surface area (Å²) >= 11 is 0. The van der Waals surface area contributed by atoms with Crippen molar-refractivity contribution in [1.29, 1.82) is 0 Å². The van der Waals surface area contributed by atoms with Gasteiger partial charge in [0, 0.05) is 38.2 Å². The van der Waals surface area contributed by atoms with Crippen LogP contribution in [0, 0.1) is 0 Å². The lowest BCUT2D eigenvalue weighted by atomic mass is 10.2. The van der Waals surface area contributed by atoms with E-state index in [1.807, 2.05) is 30.3 Å². The van der Waals surface area contributed by atoms with Crippen LogP contribution in [0.2, 0.25) is 0 Å². The second-order valence-corrected chi connectivity index (χ2v) is 4.84. The number of hydrogen-bond acceptors (Lipinski definition) is 3. The molecule has 1 N–H and O–H groups in total. The van der Waals surface area contributed by atoms with E-state index in [1.54, 1.807) is 0 Å². The first-order valence-electron chi connectivity index (χ1n) is 6.36. The predicted molar refractivity (Wildman–Crippen MR) is 71.1 cm³/mol. The number of rotatable bonds is 6. The maximum absolute atomic E-state index is 4.39. The number of hydrogen-bond donors (Lipinski definition) is 1. The van der Waals surface area contributed by atoms with Gasteiger partial charge >= 0.3 is 0 Å². The van der Waals surface area contributed by atoms with Gasteiger partial charge in [0.05, 0.1) is 12.7 Å². The van der Waals surface area contributed by atoms with Crippen LogP contribution in [0.1, 0.15) is 25.2 Å². The highest BCUT2D eigenvalue weighted by atomic mass is 15.2. The second-order valence-electron chi connectivity index (χ2n) is 4.84. The molecule has 0 atom stereocenters. The topological polar surface area (TPSA) is 47.7 Å². The molecule has 5 heteroatoms. The number of aryl methyl sites for hydroxylation is 3. The quantitative estimate of drug-likeness (QED) is 0.838. The number of nitrogens with zero attached hydrogens (tertiary/aromatic N) is 4. The van der Waals surface area contributed by atoms with Crippen molar-refractivity contribution < 1.29 is 0 Å². The molecule has 0 radical (unpaired) electrons. The van der Waals surface area contributed by atoms with Crippen LogP contribution in [0.4, 0.5) is 0 Å². The summed E-state index contributed by atoms with van der Waals surface area (Å²) in [6.07, 6.45) is 8.86. The van der Waals surface area contributed by atoms with Crippen molar-refractivity contribution in [3.8, 4) is 0 Å². The molecule has 0 aliphatic rings. The molecule has 0 unspecified atom stereocenters. The maximum Gasteiger partial charge on any atom is 0.122 e. The molecule has 0 fully saturated rings. The Kier molecular flexibility index (Phi) is 4.15. The van der Waals surface area contributed by atoms with Crippen molar-refractivity contribution >= 4 is 0 Å². The molecule has 2 rings (SSSR count). The molecule has 0 aromatic carbocycles. The minimum atomic E-state index is 0.480. The number of nitrogens with one attached hydrogen (secondary N) is 1. The lowest BCUT2D eigenvalue weighted by molar-refractivity contribution is 0.544. The van der Waals surface area contributed by atoms with Gasteiger partial charge in [-0.05, 0) is 12.0 Å². The molecule has 18 heavy (non-hydrogen) atoms. The summed E-state index contributed by atoms with van der Waals surface area (Å²) in [4.78, 5) is 4.39. The van der Waals surface area contributed by atoms with Gasteiger partial charge in [-0.2, -0.15) is 5.10 Å². The first kappa shape index (κ1) is 12.8. The summed E-state index contributed by atoms with van der Waals surface area (Å²) in [5, 5.41) is 7.57. The van der Waals surface area contributed by atoms with Crippen molar-refractivity contribution in [1.82, 2.24) is 24.6 Å². The largest absolute Gasteiger partial charge is 0.334 e. The maximum atomic E-state index is 4.39. The lowest BCUT2D eigenvalue weighted by Crippen LogP contribution is -2.24. The molecule has 2 aromatic heterocycles. The van der Waals surface area contributed by atoms with E-state index in [0.717, 1.165) is 25.3 Å². The standard InChI is InChI=1S/C13H21N5/c1-11(2)15-9-13-14-5-7-18(13)6-4-12-8-16-17(3)10-12/h5,7-8,10-11,15H,4,6,9H2,1-3H3. The molecule has 2 heterocycles. The third-order valence-corrected chi connectivity index (χ3v) is 2.87. The smallest absolute Gasteiger partial charge is 0.122 e. The van der Waals surface area contributed by atoms with Crippen molar-refractivity contribution in [3.05, 3.63) is 36.2 Å². The van der Waals surface area contributed by atoms with Gasteiger partial charge in [0.2, 0.25) is 0 Å². The lowest BCUT2D eigenvalue weighted by Gasteiger charge is -2.10. The van der Waals surface area contributed by atoms with Crippen molar-refractivity contribution in [2.24, 2.45) is 7.05 Å². The van der Waals surface area contributed by atoms with Crippen LogP contribution in [0.25, 0.3) is 0 Å². The Morgan fingerprint density at radius 2 is 2.22 bits per heavy atom. The van der Waals surface area contributed by atoms with E-state index >= 15 is 0 Å². The molecule has 0 saturated heterocycles. The Labute approximate surface area is 108 Å².